The van der Waals surface area contributed by atoms with Gasteiger partial charge >= 0.3 is 0 Å². The van der Waals surface area contributed by atoms with Crippen LogP contribution in [0.3, 0.4) is 0 Å². The molecule has 106 valence electrons. The van der Waals surface area contributed by atoms with Gasteiger partial charge in [0.15, 0.2) is 0 Å². The van der Waals surface area contributed by atoms with E-state index in [4.69, 9.17) is 10.6 Å². The Kier molecular flexibility index (Phi) is 4.64. The van der Waals surface area contributed by atoms with Crippen molar-refractivity contribution < 1.29 is 13.2 Å². The quantitative estimate of drug-likeness (QED) is 0.492. The number of sulfonamides is 1. The predicted molar refractivity (Wildman–Crippen MR) is 68.6 cm³/mol. The molecular formula is C10H17N5O3S. The number of hydrogen-bond acceptors (Lipinski definition) is 7. The van der Waals surface area contributed by atoms with Gasteiger partial charge in [-0.25, -0.2) is 29.0 Å². The molecule has 1 aromatic rings. The van der Waals surface area contributed by atoms with Crippen molar-refractivity contribution in [3.05, 3.63) is 12.4 Å². The van der Waals surface area contributed by atoms with E-state index in [2.05, 4.69) is 20.1 Å². The normalized spacial score (nSPS) is 20.2. The highest BCUT2D eigenvalue weighted by molar-refractivity contribution is 7.89. The number of ether oxygens (including phenoxy) is 1. The molecule has 1 fully saturated rings. The van der Waals surface area contributed by atoms with E-state index in [0.29, 0.717) is 13.2 Å². The first-order valence-electron chi connectivity index (χ1n) is 5.98. The number of nitrogens with zero attached hydrogens (tertiary/aromatic N) is 2. The zero-order chi connectivity index (χ0) is 13.7. The van der Waals surface area contributed by atoms with E-state index in [1.165, 1.54) is 12.4 Å². The summed E-state index contributed by atoms with van der Waals surface area (Å²) in [5, 5.41) is 0. The zero-order valence-electron chi connectivity index (χ0n) is 10.4. The van der Waals surface area contributed by atoms with Gasteiger partial charge in [0.25, 0.3) is 0 Å². The maximum Gasteiger partial charge on any atom is 0.243 e. The van der Waals surface area contributed by atoms with Gasteiger partial charge in [-0.1, -0.05) is 0 Å². The maximum absolute atomic E-state index is 12.0. The number of aromatic nitrogens is 2. The number of nitrogens with one attached hydrogen (secondary N) is 2. The molecule has 0 amide bonds. The van der Waals surface area contributed by atoms with E-state index < -0.39 is 10.0 Å². The Hall–Kier alpha value is -1.29. The van der Waals surface area contributed by atoms with Crippen molar-refractivity contribution in [3.8, 4) is 0 Å². The Morgan fingerprint density at radius 1 is 1.42 bits per heavy atom. The average Bonchev–Trinajstić information content (AvgIpc) is 2.46. The fourth-order valence-electron chi connectivity index (χ4n) is 1.81. The van der Waals surface area contributed by atoms with E-state index in [-0.39, 0.29) is 16.8 Å². The molecule has 1 aromatic heterocycles. The van der Waals surface area contributed by atoms with Crippen molar-refractivity contribution >= 4 is 16.0 Å². The van der Waals surface area contributed by atoms with Gasteiger partial charge < -0.3 is 4.74 Å². The first-order valence-corrected chi connectivity index (χ1v) is 7.46. The smallest absolute Gasteiger partial charge is 0.243 e. The third-order valence-corrected chi connectivity index (χ3v) is 4.26. The fraction of sp³-hybridized carbons (Fsp3) is 0.600. The van der Waals surface area contributed by atoms with Crippen molar-refractivity contribution in [2.75, 3.05) is 25.2 Å². The van der Waals surface area contributed by atoms with Crippen LogP contribution < -0.4 is 16.0 Å². The molecule has 1 aliphatic rings. The molecule has 0 spiro atoms. The second-order valence-electron chi connectivity index (χ2n) is 4.32. The van der Waals surface area contributed by atoms with Crippen LogP contribution in [0.25, 0.3) is 0 Å². The minimum Gasteiger partial charge on any atom is -0.381 e. The molecule has 0 radical (unpaired) electrons. The zero-order valence-corrected chi connectivity index (χ0v) is 11.2. The Morgan fingerprint density at radius 3 is 2.74 bits per heavy atom. The molecule has 19 heavy (non-hydrogen) atoms. The minimum atomic E-state index is -3.58. The summed E-state index contributed by atoms with van der Waals surface area (Å²) in [7, 11) is -3.58. The second kappa shape index (κ2) is 6.24. The van der Waals surface area contributed by atoms with Crippen molar-refractivity contribution in [2.24, 2.45) is 11.8 Å². The second-order valence-corrected chi connectivity index (χ2v) is 6.09. The maximum atomic E-state index is 12.0. The summed E-state index contributed by atoms with van der Waals surface area (Å²) >= 11 is 0. The predicted octanol–water partition coefficient (Wildman–Crippen LogP) is -0.533. The van der Waals surface area contributed by atoms with Crippen molar-refractivity contribution in [1.29, 1.82) is 0 Å². The molecule has 1 unspecified atom stereocenters. The van der Waals surface area contributed by atoms with Gasteiger partial charge in [-0.2, -0.15) is 0 Å². The van der Waals surface area contributed by atoms with Crippen molar-refractivity contribution in [2.45, 2.75) is 17.7 Å². The number of hydrogen-bond donors (Lipinski definition) is 3. The first kappa shape index (κ1) is 14.1. The Bertz CT molecular complexity index is 498. The van der Waals surface area contributed by atoms with Crippen LogP contribution >= 0.6 is 0 Å². The lowest BCUT2D eigenvalue weighted by molar-refractivity contribution is 0.0568. The average molecular weight is 287 g/mol. The van der Waals surface area contributed by atoms with E-state index in [9.17, 15) is 8.42 Å². The molecule has 2 heterocycles. The summed E-state index contributed by atoms with van der Waals surface area (Å²) in [5.41, 5.74) is 2.24. The van der Waals surface area contributed by atoms with Crippen LogP contribution in [0.15, 0.2) is 17.3 Å². The minimum absolute atomic E-state index is 0.0169. The Morgan fingerprint density at radius 2 is 2.16 bits per heavy atom. The van der Waals surface area contributed by atoms with Crippen LogP contribution in [0, 0.1) is 5.92 Å². The van der Waals surface area contributed by atoms with Gasteiger partial charge in [0.05, 0.1) is 19.0 Å². The van der Waals surface area contributed by atoms with Crippen LogP contribution in [-0.2, 0) is 14.8 Å². The lowest BCUT2D eigenvalue weighted by atomic mass is 10.0. The fourth-order valence-corrected chi connectivity index (χ4v) is 2.81. The highest BCUT2D eigenvalue weighted by Gasteiger charge is 2.19. The topological polar surface area (TPSA) is 119 Å². The number of anilines is 1. The third kappa shape index (κ3) is 3.83. The van der Waals surface area contributed by atoms with Crippen LogP contribution in [0.1, 0.15) is 12.8 Å². The standard InChI is InChI=1S/C10H17N5O3S/c11-15-10-12-5-9(6-13-10)19(16,17)14-4-8-2-1-3-18-7-8/h5-6,8,14H,1-4,7,11H2,(H,12,13,15). The van der Waals surface area contributed by atoms with Crippen molar-refractivity contribution in [1.82, 2.24) is 14.7 Å². The van der Waals surface area contributed by atoms with Gasteiger partial charge in [0.2, 0.25) is 16.0 Å². The van der Waals surface area contributed by atoms with E-state index in [1.54, 1.807) is 0 Å². The molecule has 9 heteroatoms. The van der Waals surface area contributed by atoms with E-state index >= 15 is 0 Å². The molecule has 0 aromatic carbocycles. The highest BCUT2D eigenvalue weighted by Crippen LogP contribution is 2.14. The monoisotopic (exact) mass is 287 g/mol. The van der Waals surface area contributed by atoms with Crippen molar-refractivity contribution in [3.63, 3.8) is 0 Å². The van der Waals surface area contributed by atoms with Gasteiger partial charge in [0, 0.05) is 13.2 Å². The molecule has 0 bridgehead atoms. The van der Waals surface area contributed by atoms with E-state index in [0.717, 1.165) is 19.4 Å². The molecule has 0 aliphatic carbocycles. The van der Waals surface area contributed by atoms with Gasteiger partial charge in [-0.15, -0.1) is 0 Å². The van der Waals surface area contributed by atoms with Gasteiger partial charge in [0.1, 0.15) is 4.90 Å². The molecular weight excluding hydrogens is 270 g/mol. The number of nitrogen functional groups attached to an aromatic ring is 1. The molecule has 2 rings (SSSR count). The SMILES string of the molecule is NNc1ncc(S(=O)(=O)NCC2CCCOC2)cn1. The van der Waals surface area contributed by atoms with Crippen LogP contribution in [-0.4, -0.2) is 38.1 Å². The summed E-state index contributed by atoms with van der Waals surface area (Å²) in [6.45, 7) is 1.71. The lowest BCUT2D eigenvalue weighted by Crippen LogP contribution is -2.33. The lowest BCUT2D eigenvalue weighted by Gasteiger charge is -2.22. The first-order chi connectivity index (χ1) is 9.12. The summed E-state index contributed by atoms with van der Waals surface area (Å²) in [6, 6.07) is 0. The van der Waals surface area contributed by atoms with Crippen LogP contribution in [0.4, 0.5) is 5.95 Å². The van der Waals surface area contributed by atoms with Gasteiger partial charge in [-0.3, -0.25) is 5.43 Å². The Balaban J connectivity index is 1.96. The number of nitrogens with two attached hydrogens (primary N) is 1. The highest BCUT2D eigenvalue weighted by atomic mass is 32.2. The molecule has 1 saturated heterocycles. The summed E-state index contributed by atoms with van der Waals surface area (Å²) in [5.74, 6) is 5.49. The summed E-state index contributed by atoms with van der Waals surface area (Å²) in [4.78, 5) is 7.55. The number of rotatable bonds is 5. The number of hydrazine groups is 1. The molecule has 1 atom stereocenters. The molecule has 1 aliphatic heterocycles. The summed E-state index contributed by atoms with van der Waals surface area (Å²) < 4.78 is 31.8. The largest absolute Gasteiger partial charge is 0.381 e. The van der Waals surface area contributed by atoms with Crippen LogP contribution in [0.2, 0.25) is 0 Å². The molecule has 4 N–H and O–H groups in total. The van der Waals surface area contributed by atoms with Gasteiger partial charge in [-0.05, 0) is 18.8 Å². The van der Waals surface area contributed by atoms with E-state index in [1.807, 2.05) is 0 Å². The van der Waals surface area contributed by atoms with Crippen LogP contribution in [0.5, 0.6) is 0 Å². The molecule has 8 nitrogen and oxygen atoms in total. The molecule has 0 saturated carbocycles. The summed E-state index contributed by atoms with van der Waals surface area (Å²) in [6.07, 6.45) is 4.35. The Labute approximate surface area is 111 Å². The third-order valence-electron chi connectivity index (χ3n) is 2.88.